The van der Waals surface area contributed by atoms with Gasteiger partial charge in [-0.15, -0.1) is 0 Å². The van der Waals surface area contributed by atoms with Crippen molar-refractivity contribution in [3.8, 4) is 11.5 Å². The molecule has 1 amide bonds. The topological polar surface area (TPSA) is 68.0 Å². The van der Waals surface area contributed by atoms with E-state index in [2.05, 4.69) is 11.8 Å². The highest BCUT2D eigenvalue weighted by Crippen LogP contribution is 2.39. The molecule has 2 aliphatic rings. The van der Waals surface area contributed by atoms with E-state index in [9.17, 15) is 4.79 Å². The van der Waals surface area contributed by atoms with Gasteiger partial charge in [0, 0.05) is 24.7 Å². The molecule has 2 saturated heterocycles. The zero-order chi connectivity index (χ0) is 18.7. The van der Waals surface area contributed by atoms with E-state index in [0.717, 1.165) is 56.0 Å². The van der Waals surface area contributed by atoms with Gasteiger partial charge in [0.2, 0.25) is 5.91 Å². The van der Waals surface area contributed by atoms with Gasteiger partial charge in [-0.3, -0.25) is 9.69 Å². The Labute approximate surface area is 156 Å². The molecule has 1 aromatic carbocycles. The normalized spacial score (nSPS) is 26.3. The number of nitrogens with zero attached hydrogens (tertiary/aromatic N) is 2. The van der Waals surface area contributed by atoms with Crippen molar-refractivity contribution in [3.63, 3.8) is 0 Å². The van der Waals surface area contributed by atoms with Crippen LogP contribution in [0, 0.1) is 5.41 Å². The monoisotopic (exact) mass is 361 g/mol. The average molecular weight is 361 g/mol. The largest absolute Gasteiger partial charge is 0.497 e. The minimum Gasteiger partial charge on any atom is -0.497 e. The molecule has 6 nitrogen and oxygen atoms in total. The van der Waals surface area contributed by atoms with E-state index in [1.54, 1.807) is 14.2 Å². The zero-order valence-corrected chi connectivity index (χ0v) is 16.2. The Morgan fingerprint density at radius 2 is 2.12 bits per heavy atom. The highest BCUT2D eigenvalue weighted by atomic mass is 16.5. The molecule has 2 atom stereocenters. The van der Waals surface area contributed by atoms with E-state index < -0.39 is 0 Å². The number of hydrogen-bond donors (Lipinski definition) is 1. The minimum absolute atomic E-state index is 0.0758. The molecule has 2 N–H and O–H groups in total. The molecule has 0 radical (unpaired) electrons. The van der Waals surface area contributed by atoms with Gasteiger partial charge in [-0.1, -0.05) is 6.92 Å². The highest BCUT2D eigenvalue weighted by molar-refractivity contribution is 5.79. The Balaban J connectivity index is 1.71. The van der Waals surface area contributed by atoms with Crippen LogP contribution in [0.2, 0.25) is 0 Å². The summed E-state index contributed by atoms with van der Waals surface area (Å²) in [6, 6.07) is 5.93. The van der Waals surface area contributed by atoms with Gasteiger partial charge in [0.05, 0.1) is 26.8 Å². The first-order valence-electron chi connectivity index (χ1n) is 9.43. The fraction of sp³-hybridized carbons (Fsp3) is 0.650. The third kappa shape index (κ3) is 3.81. The lowest BCUT2D eigenvalue weighted by Gasteiger charge is -2.29. The highest BCUT2D eigenvalue weighted by Gasteiger charge is 2.36. The lowest BCUT2D eigenvalue weighted by Crippen LogP contribution is -2.40. The number of hydrogen-bond acceptors (Lipinski definition) is 5. The molecule has 6 heteroatoms. The first-order chi connectivity index (χ1) is 12.5. The van der Waals surface area contributed by atoms with Crippen molar-refractivity contribution in [2.75, 3.05) is 46.9 Å². The van der Waals surface area contributed by atoms with Crippen LogP contribution in [0.5, 0.6) is 11.5 Å². The van der Waals surface area contributed by atoms with Crippen LogP contribution in [-0.4, -0.2) is 62.7 Å². The van der Waals surface area contributed by atoms with Gasteiger partial charge in [0.15, 0.2) is 0 Å². The molecular weight excluding hydrogens is 330 g/mol. The van der Waals surface area contributed by atoms with Crippen LogP contribution in [0.25, 0.3) is 0 Å². The van der Waals surface area contributed by atoms with Gasteiger partial charge >= 0.3 is 0 Å². The number of methoxy groups -OCH3 is 2. The van der Waals surface area contributed by atoms with Crippen LogP contribution in [-0.2, 0) is 4.79 Å². The number of amides is 1. The summed E-state index contributed by atoms with van der Waals surface area (Å²) in [6.07, 6.45) is 3.05. The molecule has 144 valence electrons. The third-order valence-corrected chi connectivity index (χ3v) is 5.86. The van der Waals surface area contributed by atoms with Crippen LogP contribution in [0.3, 0.4) is 0 Å². The SMILES string of the molecule is COc1ccc(C2CCCN2C(=O)CN2CCC(C)(CN)C2)c(OC)c1. The van der Waals surface area contributed by atoms with Gasteiger partial charge < -0.3 is 20.1 Å². The van der Waals surface area contributed by atoms with E-state index in [-0.39, 0.29) is 17.4 Å². The van der Waals surface area contributed by atoms with Crippen LogP contribution in [0.15, 0.2) is 18.2 Å². The standard InChI is InChI=1S/C20H31N3O3/c1-20(13-21)8-10-22(14-20)12-19(24)23-9-4-5-17(23)16-7-6-15(25-2)11-18(16)26-3/h6-7,11,17H,4-5,8-10,12-14,21H2,1-3H3. The number of ether oxygens (including phenoxy) is 2. The van der Waals surface area contributed by atoms with Gasteiger partial charge in [-0.25, -0.2) is 0 Å². The van der Waals surface area contributed by atoms with Gasteiger partial charge in [-0.05, 0) is 49.9 Å². The number of carbonyl (C=O) groups is 1. The van der Waals surface area contributed by atoms with Gasteiger partial charge in [0.1, 0.15) is 11.5 Å². The number of rotatable bonds is 6. The van der Waals surface area contributed by atoms with Crippen LogP contribution in [0.4, 0.5) is 0 Å². The summed E-state index contributed by atoms with van der Waals surface area (Å²) in [5, 5.41) is 0. The molecule has 2 aliphatic heterocycles. The van der Waals surface area contributed by atoms with Crippen molar-refractivity contribution in [1.82, 2.24) is 9.80 Å². The van der Waals surface area contributed by atoms with Crippen molar-refractivity contribution in [1.29, 1.82) is 0 Å². The maximum atomic E-state index is 13.0. The smallest absolute Gasteiger partial charge is 0.237 e. The molecule has 0 bridgehead atoms. The summed E-state index contributed by atoms with van der Waals surface area (Å²) >= 11 is 0. The Bertz CT molecular complexity index is 651. The van der Waals surface area contributed by atoms with Crippen molar-refractivity contribution < 1.29 is 14.3 Å². The summed E-state index contributed by atoms with van der Waals surface area (Å²) in [5.74, 6) is 1.75. The maximum Gasteiger partial charge on any atom is 0.237 e. The molecule has 0 saturated carbocycles. The Hall–Kier alpha value is -1.79. The average Bonchev–Trinajstić information content (AvgIpc) is 3.28. The second kappa shape index (κ2) is 7.84. The van der Waals surface area contributed by atoms with Crippen LogP contribution < -0.4 is 15.2 Å². The fourth-order valence-corrected chi connectivity index (χ4v) is 4.19. The van der Waals surface area contributed by atoms with E-state index in [0.29, 0.717) is 13.1 Å². The molecule has 26 heavy (non-hydrogen) atoms. The van der Waals surface area contributed by atoms with E-state index in [1.807, 2.05) is 23.1 Å². The molecule has 2 heterocycles. The van der Waals surface area contributed by atoms with Crippen molar-refractivity contribution in [2.45, 2.75) is 32.2 Å². The quantitative estimate of drug-likeness (QED) is 0.840. The lowest BCUT2D eigenvalue weighted by atomic mass is 9.90. The summed E-state index contributed by atoms with van der Waals surface area (Å²) in [6.45, 7) is 6.01. The number of nitrogens with two attached hydrogens (primary N) is 1. The number of benzene rings is 1. The molecule has 3 rings (SSSR count). The number of likely N-dealkylation sites (tertiary alicyclic amines) is 2. The third-order valence-electron chi connectivity index (χ3n) is 5.86. The second-order valence-electron chi connectivity index (χ2n) is 7.83. The van der Waals surface area contributed by atoms with Crippen molar-refractivity contribution in [2.24, 2.45) is 11.1 Å². The van der Waals surface area contributed by atoms with E-state index in [1.165, 1.54) is 0 Å². The molecule has 2 unspecified atom stereocenters. The fourth-order valence-electron chi connectivity index (χ4n) is 4.19. The maximum absolute atomic E-state index is 13.0. The summed E-state index contributed by atoms with van der Waals surface area (Å²) < 4.78 is 10.9. The summed E-state index contributed by atoms with van der Waals surface area (Å²) in [7, 11) is 3.31. The Morgan fingerprint density at radius 1 is 1.31 bits per heavy atom. The Morgan fingerprint density at radius 3 is 2.77 bits per heavy atom. The predicted octanol–water partition coefficient (Wildman–Crippen LogP) is 2.04. The molecule has 2 fully saturated rings. The predicted molar refractivity (Wildman–Crippen MR) is 101 cm³/mol. The van der Waals surface area contributed by atoms with E-state index >= 15 is 0 Å². The minimum atomic E-state index is 0.0758. The molecule has 0 aliphatic carbocycles. The summed E-state index contributed by atoms with van der Waals surface area (Å²) in [5.41, 5.74) is 7.10. The van der Waals surface area contributed by atoms with Gasteiger partial charge in [0.25, 0.3) is 0 Å². The lowest BCUT2D eigenvalue weighted by molar-refractivity contribution is -0.133. The molecule has 1 aromatic rings. The zero-order valence-electron chi connectivity index (χ0n) is 16.2. The first kappa shape index (κ1) is 19.0. The Kier molecular flexibility index (Phi) is 5.73. The van der Waals surface area contributed by atoms with Crippen LogP contribution >= 0.6 is 0 Å². The second-order valence-corrected chi connectivity index (χ2v) is 7.83. The van der Waals surface area contributed by atoms with Crippen molar-refractivity contribution >= 4 is 5.91 Å². The van der Waals surface area contributed by atoms with Gasteiger partial charge in [-0.2, -0.15) is 0 Å². The molecular formula is C20H31N3O3. The number of carbonyl (C=O) groups excluding carboxylic acids is 1. The van der Waals surface area contributed by atoms with E-state index in [4.69, 9.17) is 15.2 Å². The van der Waals surface area contributed by atoms with Crippen LogP contribution in [0.1, 0.15) is 37.8 Å². The van der Waals surface area contributed by atoms with Crippen molar-refractivity contribution in [3.05, 3.63) is 23.8 Å². The first-order valence-corrected chi connectivity index (χ1v) is 9.43. The molecule has 0 aromatic heterocycles. The summed E-state index contributed by atoms with van der Waals surface area (Å²) in [4.78, 5) is 17.3. The molecule has 0 spiro atoms.